The maximum atomic E-state index is 11.5. The summed E-state index contributed by atoms with van der Waals surface area (Å²) in [6, 6.07) is 9.47. The molecule has 0 aliphatic carbocycles. The smallest absolute Gasteiger partial charge is 0.407 e. The van der Waals surface area contributed by atoms with Gasteiger partial charge in [-0.25, -0.2) is 4.79 Å². The van der Waals surface area contributed by atoms with Gasteiger partial charge in [0.15, 0.2) is 0 Å². The molecule has 1 atom stereocenters. The van der Waals surface area contributed by atoms with Crippen LogP contribution >= 0.6 is 0 Å². The molecule has 118 valence electrons. The molecule has 5 nitrogen and oxygen atoms in total. The van der Waals surface area contributed by atoms with E-state index in [1.54, 1.807) is 0 Å². The summed E-state index contributed by atoms with van der Waals surface area (Å²) in [6.07, 6.45) is -0.655. The summed E-state index contributed by atoms with van der Waals surface area (Å²) in [5, 5.41) is 12.3. The number of aliphatic hydroxyl groups excluding tert-OH is 1. The summed E-state index contributed by atoms with van der Waals surface area (Å²) < 4.78 is 10.5. The summed E-state index contributed by atoms with van der Waals surface area (Å²) in [5.41, 5.74) is 0.662. The molecule has 0 saturated carbocycles. The Hall–Kier alpha value is -1.59. The highest BCUT2D eigenvalue weighted by Crippen LogP contribution is 2.08. The second-order valence-electron chi connectivity index (χ2n) is 5.85. The van der Waals surface area contributed by atoms with E-state index in [0.29, 0.717) is 13.0 Å². The topological polar surface area (TPSA) is 67.8 Å². The van der Waals surface area contributed by atoms with Crippen molar-refractivity contribution in [2.75, 3.05) is 13.2 Å². The van der Waals surface area contributed by atoms with Crippen molar-refractivity contribution in [3.8, 4) is 0 Å². The quantitative estimate of drug-likeness (QED) is 0.811. The minimum atomic E-state index is -0.598. The third-order valence-electron chi connectivity index (χ3n) is 2.67. The molecule has 2 N–H and O–H groups in total. The lowest BCUT2D eigenvalue weighted by molar-refractivity contribution is -0.0501. The van der Waals surface area contributed by atoms with Crippen molar-refractivity contribution >= 4 is 6.09 Å². The summed E-state index contributed by atoms with van der Waals surface area (Å²) in [6.45, 7) is 6.63. The third-order valence-corrected chi connectivity index (χ3v) is 2.67. The fourth-order valence-electron chi connectivity index (χ4n) is 1.54. The van der Waals surface area contributed by atoms with Gasteiger partial charge < -0.3 is 19.9 Å². The highest BCUT2D eigenvalue weighted by atomic mass is 16.5. The number of alkyl carbamates (subject to hydrolysis) is 1. The van der Waals surface area contributed by atoms with E-state index < -0.39 is 12.2 Å². The third kappa shape index (κ3) is 9.05. The number of ether oxygens (including phenoxy) is 2. The predicted octanol–water partition coefficient (Wildman–Crippen LogP) is 2.48. The highest BCUT2D eigenvalue weighted by Gasteiger charge is 2.13. The van der Waals surface area contributed by atoms with Crippen molar-refractivity contribution < 1.29 is 19.4 Å². The SMILES string of the molecule is CC(C)(C)OC[C@@H](O)CCNC(=O)OCc1ccccc1. The Kier molecular flexibility index (Phi) is 7.19. The molecule has 1 aromatic rings. The number of rotatable bonds is 7. The van der Waals surface area contributed by atoms with Crippen LogP contribution in [0.1, 0.15) is 32.8 Å². The van der Waals surface area contributed by atoms with Gasteiger partial charge in [0.1, 0.15) is 6.61 Å². The zero-order valence-electron chi connectivity index (χ0n) is 13.0. The number of nitrogens with one attached hydrogen (secondary N) is 1. The monoisotopic (exact) mass is 295 g/mol. The van der Waals surface area contributed by atoms with Gasteiger partial charge in [0, 0.05) is 6.54 Å². The van der Waals surface area contributed by atoms with Crippen LogP contribution in [0.3, 0.4) is 0 Å². The molecule has 21 heavy (non-hydrogen) atoms. The Bertz CT molecular complexity index is 414. The maximum absolute atomic E-state index is 11.5. The van der Waals surface area contributed by atoms with E-state index in [0.717, 1.165) is 5.56 Å². The predicted molar refractivity (Wildman–Crippen MR) is 81.0 cm³/mol. The van der Waals surface area contributed by atoms with E-state index in [9.17, 15) is 9.90 Å². The second kappa shape index (κ2) is 8.64. The fourth-order valence-corrected chi connectivity index (χ4v) is 1.54. The lowest BCUT2D eigenvalue weighted by atomic mass is 10.2. The number of benzene rings is 1. The van der Waals surface area contributed by atoms with Crippen molar-refractivity contribution in [3.05, 3.63) is 35.9 Å². The van der Waals surface area contributed by atoms with Gasteiger partial charge in [-0.3, -0.25) is 0 Å². The molecule has 0 aliphatic heterocycles. The van der Waals surface area contributed by atoms with E-state index >= 15 is 0 Å². The molecule has 0 fully saturated rings. The summed E-state index contributed by atoms with van der Waals surface area (Å²) in [5.74, 6) is 0. The van der Waals surface area contributed by atoms with E-state index in [4.69, 9.17) is 9.47 Å². The average Bonchev–Trinajstić information content (AvgIpc) is 2.43. The first-order valence-corrected chi connectivity index (χ1v) is 7.13. The standard InChI is InChI=1S/C16H25NO4/c1-16(2,3)21-12-14(18)9-10-17-15(19)20-11-13-7-5-4-6-8-13/h4-8,14,18H,9-12H2,1-3H3,(H,17,19)/t14-/m0/s1. The zero-order valence-corrected chi connectivity index (χ0v) is 13.0. The Labute approximate surface area is 126 Å². The number of hydrogen-bond acceptors (Lipinski definition) is 4. The van der Waals surface area contributed by atoms with Crippen LogP contribution in [0.25, 0.3) is 0 Å². The van der Waals surface area contributed by atoms with Crippen LogP contribution in [0.15, 0.2) is 30.3 Å². The Morgan fingerprint density at radius 1 is 1.29 bits per heavy atom. The lowest BCUT2D eigenvalue weighted by Crippen LogP contribution is -2.31. The van der Waals surface area contributed by atoms with Gasteiger partial charge >= 0.3 is 6.09 Å². The molecular weight excluding hydrogens is 270 g/mol. The Balaban J connectivity index is 2.10. The van der Waals surface area contributed by atoms with Crippen molar-refractivity contribution in [2.45, 2.75) is 45.5 Å². The number of carbonyl (C=O) groups is 1. The molecule has 1 rings (SSSR count). The second-order valence-corrected chi connectivity index (χ2v) is 5.85. The Morgan fingerprint density at radius 2 is 1.95 bits per heavy atom. The van der Waals surface area contributed by atoms with Gasteiger partial charge in [0.05, 0.1) is 18.3 Å². The minimum absolute atomic E-state index is 0.238. The van der Waals surface area contributed by atoms with E-state index in [1.807, 2.05) is 51.1 Å². The van der Waals surface area contributed by atoms with Crippen LogP contribution in [0, 0.1) is 0 Å². The van der Waals surface area contributed by atoms with Gasteiger partial charge in [-0.2, -0.15) is 0 Å². The molecular formula is C16H25NO4. The van der Waals surface area contributed by atoms with Gasteiger partial charge in [0.2, 0.25) is 0 Å². The summed E-state index contributed by atoms with van der Waals surface area (Å²) in [4.78, 5) is 11.5. The van der Waals surface area contributed by atoms with Crippen LogP contribution < -0.4 is 5.32 Å². The van der Waals surface area contributed by atoms with Gasteiger partial charge in [0.25, 0.3) is 0 Å². The van der Waals surface area contributed by atoms with Crippen molar-refractivity contribution in [2.24, 2.45) is 0 Å². The van der Waals surface area contributed by atoms with Crippen LogP contribution in [-0.2, 0) is 16.1 Å². The van der Waals surface area contributed by atoms with Gasteiger partial charge in [-0.05, 0) is 32.8 Å². The van der Waals surface area contributed by atoms with E-state index in [-0.39, 0.29) is 18.8 Å². The summed E-state index contributed by atoms with van der Waals surface area (Å²) >= 11 is 0. The van der Waals surface area contributed by atoms with Crippen molar-refractivity contribution in [1.82, 2.24) is 5.32 Å². The summed E-state index contributed by atoms with van der Waals surface area (Å²) in [7, 11) is 0. The largest absolute Gasteiger partial charge is 0.445 e. The molecule has 0 radical (unpaired) electrons. The number of aliphatic hydroxyl groups is 1. The lowest BCUT2D eigenvalue weighted by Gasteiger charge is -2.21. The van der Waals surface area contributed by atoms with Gasteiger partial charge in [-0.15, -0.1) is 0 Å². The number of amides is 1. The van der Waals surface area contributed by atoms with Crippen LogP contribution in [0.5, 0.6) is 0 Å². The molecule has 1 amide bonds. The normalized spacial score (nSPS) is 12.8. The first-order chi connectivity index (χ1) is 9.87. The molecule has 0 aliphatic rings. The average molecular weight is 295 g/mol. The molecule has 0 heterocycles. The molecule has 0 bridgehead atoms. The molecule has 0 spiro atoms. The van der Waals surface area contributed by atoms with Crippen molar-refractivity contribution in [1.29, 1.82) is 0 Å². The number of carbonyl (C=O) groups excluding carboxylic acids is 1. The molecule has 1 aromatic carbocycles. The minimum Gasteiger partial charge on any atom is -0.445 e. The fraction of sp³-hybridized carbons (Fsp3) is 0.562. The van der Waals surface area contributed by atoms with E-state index in [2.05, 4.69) is 5.32 Å². The van der Waals surface area contributed by atoms with Crippen LogP contribution in [0.4, 0.5) is 4.79 Å². The number of hydrogen-bond donors (Lipinski definition) is 2. The maximum Gasteiger partial charge on any atom is 0.407 e. The zero-order chi connectivity index (χ0) is 15.7. The van der Waals surface area contributed by atoms with Gasteiger partial charge in [-0.1, -0.05) is 30.3 Å². The first-order valence-electron chi connectivity index (χ1n) is 7.13. The van der Waals surface area contributed by atoms with Crippen molar-refractivity contribution in [3.63, 3.8) is 0 Å². The van der Waals surface area contributed by atoms with Crippen LogP contribution in [-0.4, -0.2) is 36.1 Å². The molecule has 0 saturated heterocycles. The highest BCUT2D eigenvalue weighted by molar-refractivity contribution is 5.67. The molecule has 0 unspecified atom stereocenters. The molecule has 0 aromatic heterocycles. The molecule has 5 heteroatoms. The Morgan fingerprint density at radius 3 is 2.57 bits per heavy atom. The van der Waals surface area contributed by atoms with Crippen LogP contribution in [0.2, 0.25) is 0 Å². The first kappa shape index (κ1) is 17.5. The van der Waals surface area contributed by atoms with E-state index in [1.165, 1.54) is 0 Å².